The van der Waals surface area contributed by atoms with Gasteiger partial charge in [0.25, 0.3) is 0 Å². The highest BCUT2D eigenvalue weighted by Gasteiger charge is 2.15. The van der Waals surface area contributed by atoms with E-state index < -0.39 is 0 Å². The Morgan fingerprint density at radius 1 is 0.607 bits per heavy atom. The van der Waals surface area contributed by atoms with E-state index in [1.807, 2.05) is 50.2 Å². The number of urea groups is 1. The summed E-state index contributed by atoms with van der Waals surface area (Å²) in [5.74, 6) is 0. The van der Waals surface area contributed by atoms with Crippen LogP contribution < -0.4 is 10.6 Å². The van der Waals surface area contributed by atoms with Crippen LogP contribution in [-0.4, -0.2) is 6.03 Å². The van der Waals surface area contributed by atoms with Crippen molar-refractivity contribution in [3.05, 3.63) is 96.1 Å². The number of rotatable bonds is 4. The number of hydrogen-bond donors (Lipinski definition) is 2. The van der Waals surface area contributed by atoms with Crippen LogP contribution in [0.3, 0.4) is 0 Å². The highest BCUT2D eigenvalue weighted by molar-refractivity contribution is 5.88. The molecule has 140 valence electrons. The molecule has 28 heavy (non-hydrogen) atoms. The molecule has 0 radical (unpaired) electrons. The first kappa shape index (κ1) is 18.1. The summed E-state index contributed by atoms with van der Waals surface area (Å²) >= 11 is 0. The van der Waals surface area contributed by atoms with Crippen LogP contribution in [0.15, 0.2) is 84.9 Å². The molecule has 0 fully saturated rings. The molecule has 4 aromatic rings. The summed E-state index contributed by atoms with van der Waals surface area (Å²) in [6.45, 7) is 4.04. The Bertz CT molecular complexity index is 1040. The third-order valence-corrected chi connectivity index (χ3v) is 5.27. The molecule has 2 atom stereocenters. The number of nitrogens with one attached hydrogen (secondary N) is 2. The van der Waals surface area contributed by atoms with Gasteiger partial charge in [0.05, 0.1) is 12.1 Å². The van der Waals surface area contributed by atoms with Gasteiger partial charge in [0.1, 0.15) is 0 Å². The van der Waals surface area contributed by atoms with E-state index in [9.17, 15) is 4.79 Å². The number of hydrogen-bond acceptors (Lipinski definition) is 1. The van der Waals surface area contributed by atoms with E-state index in [-0.39, 0.29) is 18.1 Å². The highest BCUT2D eigenvalue weighted by Crippen LogP contribution is 2.25. The second-order valence-electron chi connectivity index (χ2n) is 7.20. The lowest BCUT2D eigenvalue weighted by molar-refractivity contribution is 0.235. The SMILES string of the molecule is C[C@@H](NC(=O)N[C@H](C)c1cccc2ccccc12)c1cccc2ccccc12. The van der Waals surface area contributed by atoms with E-state index in [1.165, 1.54) is 21.5 Å². The van der Waals surface area contributed by atoms with Gasteiger partial charge in [0.2, 0.25) is 0 Å². The van der Waals surface area contributed by atoms with Gasteiger partial charge in [-0.05, 0) is 46.5 Å². The summed E-state index contributed by atoms with van der Waals surface area (Å²) in [4.78, 5) is 12.7. The van der Waals surface area contributed by atoms with Crippen molar-refractivity contribution in [2.75, 3.05) is 0 Å². The Kier molecular flexibility index (Phi) is 4.98. The van der Waals surface area contributed by atoms with Crippen LogP contribution >= 0.6 is 0 Å². The maximum absolute atomic E-state index is 12.7. The van der Waals surface area contributed by atoms with E-state index >= 15 is 0 Å². The fourth-order valence-corrected chi connectivity index (χ4v) is 3.85. The molecule has 4 rings (SSSR count). The Morgan fingerprint density at radius 3 is 1.46 bits per heavy atom. The summed E-state index contributed by atoms with van der Waals surface area (Å²) in [7, 11) is 0. The fourth-order valence-electron chi connectivity index (χ4n) is 3.85. The predicted molar refractivity (Wildman–Crippen MR) is 116 cm³/mol. The van der Waals surface area contributed by atoms with Crippen molar-refractivity contribution < 1.29 is 4.79 Å². The Hall–Kier alpha value is -3.33. The van der Waals surface area contributed by atoms with Crippen molar-refractivity contribution >= 4 is 27.6 Å². The van der Waals surface area contributed by atoms with E-state index in [0.717, 1.165) is 11.1 Å². The van der Waals surface area contributed by atoms with Gasteiger partial charge in [0.15, 0.2) is 0 Å². The van der Waals surface area contributed by atoms with E-state index in [2.05, 4.69) is 59.2 Å². The molecule has 0 bridgehead atoms. The van der Waals surface area contributed by atoms with Crippen molar-refractivity contribution in [1.82, 2.24) is 10.6 Å². The largest absolute Gasteiger partial charge is 0.332 e. The number of benzene rings is 4. The molecule has 3 nitrogen and oxygen atoms in total. The van der Waals surface area contributed by atoms with Gasteiger partial charge in [-0.3, -0.25) is 0 Å². The van der Waals surface area contributed by atoms with Crippen LogP contribution in [0.5, 0.6) is 0 Å². The minimum absolute atomic E-state index is 0.0918. The average Bonchev–Trinajstić information content (AvgIpc) is 2.72. The second-order valence-corrected chi connectivity index (χ2v) is 7.20. The van der Waals surface area contributed by atoms with Crippen molar-refractivity contribution in [1.29, 1.82) is 0 Å². The Labute approximate surface area is 165 Å². The molecule has 2 amide bonds. The zero-order valence-corrected chi connectivity index (χ0v) is 16.1. The smallest absolute Gasteiger partial charge is 0.315 e. The minimum atomic E-state index is -0.166. The van der Waals surface area contributed by atoms with Crippen molar-refractivity contribution in [3.8, 4) is 0 Å². The molecule has 0 aliphatic rings. The number of amides is 2. The predicted octanol–water partition coefficient (Wildman–Crippen LogP) is 6.11. The van der Waals surface area contributed by atoms with Gasteiger partial charge < -0.3 is 10.6 Å². The molecular formula is C25H24N2O. The topological polar surface area (TPSA) is 41.1 Å². The first-order valence-electron chi connectivity index (χ1n) is 9.66. The zero-order valence-electron chi connectivity index (χ0n) is 16.1. The number of carbonyl (C=O) groups excluding carboxylic acids is 1. The van der Waals surface area contributed by atoms with Crippen molar-refractivity contribution in [2.24, 2.45) is 0 Å². The van der Waals surface area contributed by atoms with Crippen LogP contribution in [-0.2, 0) is 0 Å². The summed E-state index contributed by atoms with van der Waals surface area (Å²) < 4.78 is 0. The molecule has 0 saturated heterocycles. The molecule has 4 aromatic carbocycles. The Morgan fingerprint density at radius 2 is 1.00 bits per heavy atom. The van der Waals surface area contributed by atoms with Crippen LogP contribution in [0.25, 0.3) is 21.5 Å². The summed E-state index contributed by atoms with van der Waals surface area (Å²) in [6, 6.07) is 28.5. The fraction of sp³-hybridized carbons (Fsp3) is 0.160. The number of fused-ring (bicyclic) bond motifs is 2. The maximum atomic E-state index is 12.7. The monoisotopic (exact) mass is 368 g/mol. The minimum Gasteiger partial charge on any atom is -0.332 e. The van der Waals surface area contributed by atoms with Gasteiger partial charge in [-0.2, -0.15) is 0 Å². The normalized spacial score (nSPS) is 13.2. The number of carbonyl (C=O) groups is 1. The lowest BCUT2D eigenvalue weighted by atomic mass is 9.99. The lowest BCUT2D eigenvalue weighted by Gasteiger charge is -2.21. The quantitative estimate of drug-likeness (QED) is 0.448. The maximum Gasteiger partial charge on any atom is 0.315 e. The second kappa shape index (κ2) is 7.73. The van der Waals surface area contributed by atoms with Crippen LogP contribution in [0.1, 0.15) is 37.1 Å². The lowest BCUT2D eigenvalue weighted by Crippen LogP contribution is -2.38. The van der Waals surface area contributed by atoms with E-state index in [4.69, 9.17) is 0 Å². The van der Waals surface area contributed by atoms with Crippen LogP contribution in [0.2, 0.25) is 0 Å². The van der Waals surface area contributed by atoms with Gasteiger partial charge in [-0.1, -0.05) is 84.9 Å². The third kappa shape index (κ3) is 3.56. The van der Waals surface area contributed by atoms with Gasteiger partial charge in [-0.15, -0.1) is 0 Å². The summed E-state index contributed by atoms with van der Waals surface area (Å²) in [5, 5.41) is 10.9. The Balaban J connectivity index is 1.50. The third-order valence-electron chi connectivity index (χ3n) is 5.27. The van der Waals surface area contributed by atoms with Crippen molar-refractivity contribution in [3.63, 3.8) is 0 Å². The zero-order chi connectivity index (χ0) is 19.5. The molecule has 0 heterocycles. The summed E-state index contributed by atoms with van der Waals surface area (Å²) in [5.41, 5.74) is 2.23. The van der Waals surface area contributed by atoms with E-state index in [0.29, 0.717) is 0 Å². The van der Waals surface area contributed by atoms with Crippen LogP contribution in [0, 0.1) is 0 Å². The van der Waals surface area contributed by atoms with Gasteiger partial charge in [0, 0.05) is 0 Å². The summed E-state index contributed by atoms with van der Waals surface area (Å²) in [6.07, 6.45) is 0. The molecule has 0 aliphatic heterocycles. The van der Waals surface area contributed by atoms with Crippen LogP contribution in [0.4, 0.5) is 4.79 Å². The first-order chi connectivity index (χ1) is 13.6. The van der Waals surface area contributed by atoms with Gasteiger partial charge in [-0.25, -0.2) is 4.79 Å². The molecular weight excluding hydrogens is 344 g/mol. The first-order valence-corrected chi connectivity index (χ1v) is 9.66. The molecule has 0 unspecified atom stereocenters. The molecule has 2 N–H and O–H groups in total. The molecule has 0 spiro atoms. The van der Waals surface area contributed by atoms with Gasteiger partial charge >= 0.3 is 6.03 Å². The molecule has 0 saturated carbocycles. The molecule has 0 aromatic heterocycles. The standard InChI is InChI=1S/C25H24N2O/c1-17(21-15-7-11-19-9-3-5-13-23(19)21)26-25(28)27-18(2)22-16-8-12-20-10-4-6-14-24(20)22/h3-18H,1-2H3,(H2,26,27,28)/t17-,18-/m1/s1. The van der Waals surface area contributed by atoms with Crippen molar-refractivity contribution in [2.45, 2.75) is 25.9 Å². The molecule has 3 heteroatoms. The molecule has 0 aliphatic carbocycles. The van der Waals surface area contributed by atoms with E-state index in [1.54, 1.807) is 0 Å². The highest BCUT2D eigenvalue weighted by atomic mass is 16.2. The average molecular weight is 368 g/mol.